The molecule has 0 radical (unpaired) electrons. The SMILES string of the molecule is Cc1cc(/C=N\Nc2cccc3cccnc23)c(O)c([N+](=O)[O-])c1. The lowest BCUT2D eigenvalue weighted by atomic mass is 10.1. The summed E-state index contributed by atoms with van der Waals surface area (Å²) in [5.74, 6) is -0.410. The molecule has 0 bridgehead atoms. The number of nitro benzene ring substituents is 1. The molecule has 3 rings (SSSR count). The van der Waals surface area contributed by atoms with Gasteiger partial charge >= 0.3 is 5.69 Å². The van der Waals surface area contributed by atoms with Gasteiger partial charge in [-0.05, 0) is 30.7 Å². The molecule has 7 heteroatoms. The van der Waals surface area contributed by atoms with Crippen molar-refractivity contribution in [3.63, 3.8) is 0 Å². The highest BCUT2D eigenvalue weighted by Gasteiger charge is 2.16. The molecule has 24 heavy (non-hydrogen) atoms. The molecule has 2 N–H and O–H groups in total. The number of benzene rings is 2. The van der Waals surface area contributed by atoms with Crippen LogP contribution in [-0.2, 0) is 0 Å². The highest BCUT2D eigenvalue weighted by molar-refractivity contribution is 5.91. The second-order valence-electron chi connectivity index (χ2n) is 5.23. The zero-order valence-corrected chi connectivity index (χ0v) is 12.8. The molecule has 0 saturated carbocycles. The van der Waals surface area contributed by atoms with E-state index in [9.17, 15) is 15.2 Å². The number of nitrogens with one attached hydrogen (secondary N) is 1. The molecule has 0 aliphatic rings. The number of para-hydroxylation sites is 1. The number of aromatic nitrogens is 1. The molecule has 0 saturated heterocycles. The number of hydrogen-bond donors (Lipinski definition) is 2. The topological polar surface area (TPSA) is 101 Å². The molecule has 120 valence electrons. The molecule has 0 spiro atoms. The zero-order chi connectivity index (χ0) is 17.1. The molecular weight excluding hydrogens is 308 g/mol. The van der Waals surface area contributed by atoms with E-state index in [-0.39, 0.29) is 11.3 Å². The lowest BCUT2D eigenvalue weighted by molar-refractivity contribution is -0.385. The quantitative estimate of drug-likeness (QED) is 0.434. The Morgan fingerprint density at radius 3 is 2.88 bits per heavy atom. The number of hydrazone groups is 1. The van der Waals surface area contributed by atoms with E-state index in [1.807, 2.05) is 30.3 Å². The van der Waals surface area contributed by atoms with Gasteiger partial charge in [0.2, 0.25) is 5.75 Å². The average molecular weight is 322 g/mol. The van der Waals surface area contributed by atoms with E-state index >= 15 is 0 Å². The van der Waals surface area contributed by atoms with E-state index in [2.05, 4.69) is 15.5 Å². The first-order valence-corrected chi connectivity index (χ1v) is 7.17. The van der Waals surface area contributed by atoms with Crippen LogP contribution in [0.5, 0.6) is 5.75 Å². The Kier molecular flexibility index (Phi) is 4.07. The smallest absolute Gasteiger partial charge is 0.311 e. The fraction of sp³-hybridized carbons (Fsp3) is 0.0588. The number of aryl methyl sites for hydroxylation is 1. The number of rotatable bonds is 4. The van der Waals surface area contributed by atoms with Crippen LogP contribution in [-0.4, -0.2) is 21.2 Å². The zero-order valence-electron chi connectivity index (χ0n) is 12.8. The van der Waals surface area contributed by atoms with Gasteiger partial charge in [-0.25, -0.2) is 0 Å². The molecule has 1 aromatic heterocycles. The minimum Gasteiger partial charge on any atom is -0.502 e. The van der Waals surface area contributed by atoms with Crippen LogP contribution in [0.2, 0.25) is 0 Å². The third-order valence-corrected chi connectivity index (χ3v) is 3.48. The van der Waals surface area contributed by atoms with Crippen LogP contribution in [0.4, 0.5) is 11.4 Å². The Morgan fingerprint density at radius 2 is 2.08 bits per heavy atom. The Hall–Kier alpha value is -3.48. The standard InChI is InChI=1S/C17H14N4O3/c1-11-8-13(17(22)15(9-11)21(23)24)10-19-20-14-6-2-4-12-5-3-7-18-16(12)14/h2-10,20,22H,1H3/b19-10-. The van der Waals surface area contributed by atoms with Crippen LogP contribution >= 0.6 is 0 Å². The van der Waals surface area contributed by atoms with E-state index in [1.165, 1.54) is 12.3 Å². The number of hydrogen-bond acceptors (Lipinski definition) is 6. The molecule has 0 unspecified atom stereocenters. The molecule has 0 aliphatic heterocycles. The predicted octanol–water partition coefficient (Wildman–Crippen LogP) is 3.60. The number of aromatic hydroxyl groups is 1. The molecule has 0 amide bonds. The molecule has 1 heterocycles. The molecule has 3 aromatic rings. The van der Waals surface area contributed by atoms with Crippen molar-refractivity contribution >= 4 is 28.5 Å². The van der Waals surface area contributed by atoms with Crippen LogP contribution in [0.15, 0.2) is 53.8 Å². The van der Waals surface area contributed by atoms with Crippen molar-refractivity contribution in [1.29, 1.82) is 0 Å². The summed E-state index contributed by atoms with van der Waals surface area (Å²) in [5.41, 5.74) is 4.90. The summed E-state index contributed by atoms with van der Waals surface area (Å²) >= 11 is 0. The minimum absolute atomic E-state index is 0.266. The van der Waals surface area contributed by atoms with E-state index in [4.69, 9.17) is 0 Å². The maximum absolute atomic E-state index is 10.9. The summed E-state index contributed by atoms with van der Waals surface area (Å²) in [5, 5.41) is 26.0. The van der Waals surface area contributed by atoms with E-state index in [0.29, 0.717) is 11.3 Å². The first-order chi connectivity index (χ1) is 11.6. The van der Waals surface area contributed by atoms with Crippen LogP contribution in [0, 0.1) is 17.0 Å². The molecule has 0 fully saturated rings. The highest BCUT2D eigenvalue weighted by Crippen LogP contribution is 2.30. The number of nitrogens with zero attached hydrogens (tertiary/aromatic N) is 3. The van der Waals surface area contributed by atoms with E-state index < -0.39 is 10.7 Å². The summed E-state index contributed by atoms with van der Waals surface area (Å²) in [4.78, 5) is 14.6. The highest BCUT2D eigenvalue weighted by atomic mass is 16.6. The van der Waals surface area contributed by atoms with Crippen LogP contribution < -0.4 is 5.43 Å². The number of anilines is 1. The van der Waals surface area contributed by atoms with Crippen molar-refractivity contribution in [3.05, 3.63) is 69.9 Å². The maximum atomic E-state index is 10.9. The van der Waals surface area contributed by atoms with Crippen molar-refractivity contribution in [2.75, 3.05) is 5.43 Å². The van der Waals surface area contributed by atoms with Gasteiger partial charge in [0.05, 0.1) is 22.3 Å². The molecule has 7 nitrogen and oxygen atoms in total. The van der Waals surface area contributed by atoms with E-state index in [0.717, 1.165) is 10.9 Å². The van der Waals surface area contributed by atoms with Gasteiger partial charge in [-0.3, -0.25) is 20.5 Å². The van der Waals surface area contributed by atoms with Crippen molar-refractivity contribution in [2.45, 2.75) is 6.92 Å². The fourth-order valence-corrected chi connectivity index (χ4v) is 2.39. The minimum atomic E-state index is -0.623. The third-order valence-electron chi connectivity index (χ3n) is 3.48. The maximum Gasteiger partial charge on any atom is 0.311 e. The molecule has 2 aromatic carbocycles. The van der Waals surface area contributed by atoms with Gasteiger partial charge in [0.1, 0.15) is 0 Å². The Bertz CT molecular complexity index is 948. The number of fused-ring (bicyclic) bond motifs is 1. The van der Waals surface area contributed by atoms with Gasteiger partial charge < -0.3 is 5.11 Å². The molecule has 0 aliphatic carbocycles. The van der Waals surface area contributed by atoms with Crippen molar-refractivity contribution in [2.24, 2.45) is 5.10 Å². The predicted molar refractivity (Wildman–Crippen MR) is 92.5 cm³/mol. The van der Waals surface area contributed by atoms with Crippen LogP contribution in [0.3, 0.4) is 0 Å². The Labute approximate surface area is 137 Å². The summed E-state index contributed by atoms with van der Waals surface area (Å²) < 4.78 is 0. The first-order valence-electron chi connectivity index (χ1n) is 7.17. The largest absolute Gasteiger partial charge is 0.502 e. The monoisotopic (exact) mass is 322 g/mol. The van der Waals surface area contributed by atoms with Crippen LogP contribution in [0.25, 0.3) is 10.9 Å². The van der Waals surface area contributed by atoms with E-state index in [1.54, 1.807) is 19.2 Å². The molecular formula is C17H14N4O3. The number of nitro groups is 1. The summed E-state index contributed by atoms with van der Waals surface area (Å²) in [6.07, 6.45) is 3.03. The number of phenolic OH excluding ortho intramolecular Hbond substituents is 1. The van der Waals surface area contributed by atoms with Crippen molar-refractivity contribution in [3.8, 4) is 5.75 Å². The normalized spacial score (nSPS) is 11.0. The lowest BCUT2D eigenvalue weighted by Gasteiger charge is -2.05. The Morgan fingerprint density at radius 1 is 1.29 bits per heavy atom. The third kappa shape index (κ3) is 3.00. The second-order valence-corrected chi connectivity index (χ2v) is 5.23. The summed E-state index contributed by atoms with van der Waals surface area (Å²) in [7, 11) is 0. The van der Waals surface area contributed by atoms with Gasteiger partial charge in [-0.1, -0.05) is 18.2 Å². The molecule has 0 atom stereocenters. The average Bonchev–Trinajstić information content (AvgIpc) is 2.57. The lowest BCUT2D eigenvalue weighted by Crippen LogP contribution is -1.96. The van der Waals surface area contributed by atoms with Gasteiger partial charge in [-0.2, -0.15) is 5.10 Å². The number of pyridine rings is 1. The fourth-order valence-electron chi connectivity index (χ4n) is 2.39. The van der Waals surface area contributed by atoms with Gasteiger partial charge in [0.15, 0.2) is 0 Å². The van der Waals surface area contributed by atoms with Gasteiger partial charge in [-0.15, -0.1) is 0 Å². The second kappa shape index (κ2) is 6.33. The van der Waals surface area contributed by atoms with Gasteiger partial charge in [0, 0.05) is 23.2 Å². The van der Waals surface area contributed by atoms with Crippen LogP contribution in [0.1, 0.15) is 11.1 Å². The van der Waals surface area contributed by atoms with Crippen molar-refractivity contribution in [1.82, 2.24) is 4.98 Å². The summed E-state index contributed by atoms with van der Waals surface area (Å²) in [6, 6.07) is 12.4. The van der Waals surface area contributed by atoms with Gasteiger partial charge in [0.25, 0.3) is 0 Å². The first kappa shape index (κ1) is 15.4. The van der Waals surface area contributed by atoms with Crippen molar-refractivity contribution < 1.29 is 10.0 Å². The number of phenols is 1. The summed E-state index contributed by atoms with van der Waals surface area (Å²) in [6.45, 7) is 1.71. The Balaban J connectivity index is 1.90.